The highest BCUT2D eigenvalue weighted by atomic mass is 16.5. The van der Waals surface area contributed by atoms with Crippen LogP contribution in [-0.2, 0) is 9.53 Å². The first kappa shape index (κ1) is 12.2. The zero-order valence-corrected chi connectivity index (χ0v) is 9.72. The molecule has 2 fully saturated rings. The number of nitrogens with one attached hydrogen (secondary N) is 1. The van der Waals surface area contributed by atoms with Gasteiger partial charge in [0.15, 0.2) is 0 Å². The van der Waals surface area contributed by atoms with Crippen molar-refractivity contribution in [2.75, 3.05) is 19.7 Å². The Balaban J connectivity index is 1.77. The van der Waals surface area contributed by atoms with Crippen molar-refractivity contribution in [2.45, 2.75) is 37.8 Å². The van der Waals surface area contributed by atoms with Gasteiger partial charge in [0.2, 0.25) is 0 Å². The number of hydrogen-bond donors (Lipinski definition) is 2. The maximum absolute atomic E-state index is 11.8. The van der Waals surface area contributed by atoms with Gasteiger partial charge in [-0.05, 0) is 25.7 Å². The molecular formula is C11H18N2O4. The van der Waals surface area contributed by atoms with Crippen LogP contribution in [0.1, 0.15) is 25.7 Å². The number of rotatable bonds is 5. The molecule has 2 amide bonds. The van der Waals surface area contributed by atoms with Crippen LogP contribution in [0, 0.1) is 0 Å². The number of carboxylic acids is 1. The maximum atomic E-state index is 11.8. The predicted octanol–water partition coefficient (Wildman–Crippen LogP) is 0.424. The summed E-state index contributed by atoms with van der Waals surface area (Å²) in [6.45, 7) is 1.01. The summed E-state index contributed by atoms with van der Waals surface area (Å²) in [5, 5.41) is 11.5. The largest absolute Gasteiger partial charge is 0.480 e. The third-order valence-corrected chi connectivity index (χ3v) is 3.06. The molecule has 2 aliphatic rings. The van der Waals surface area contributed by atoms with E-state index in [1.54, 1.807) is 0 Å². The molecule has 1 aliphatic carbocycles. The Morgan fingerprint density at radius 2 is 2.12 bits per heavy atom. The first-order chi connectivity index (χ1) is 8.16. The van der Waals surface area contributed by atoms with Crippen LogP contribution in [0.5, 0.6) is 0 Å². The molecule has 1 saturated carbocycles. The Hall–Kier alpha value is -1.30. The van der Waals surface area contributed by atoms with Gasteiger partial charge in [-0.2, -0.15) is 0 Å². The zero-order valence-electron chi connectivity index (χ0n) is 9.72. The molecule has 2 rings (SSSR count). The van der Waals surface area contributed by atoms with Crippen LogP contribution < -0.4 is 5.32 Å². The average molecular weight is 242 g/mol. The van der Waals surface area contributed by atoms with Gasteiger partial charge >= 0.3 is 12.0 Å². The molecule has 1 aliphatic heterocycles. The first-order valence-corrected chi connectivity index (χ1v) is 6.04. The Bertz CT molecular complexity index is 298. The van der Waals surface area contributed by atoms with Gasteiger partial charge in [-0.1, -0.05) is 0 Å². The maximum Gasteiger partial charge on any atom is 0.323 e. The van der Waals surface area contributed by atoms with E-state index in [1.165, 1.54) is 4.90 Å². The lowest BCUT2D eigenvalue weighted by molar-refractivity contribution is -0.137. The molecule has 2 N–H and O–H groups in total. The van der Waals surface area contributed by atoms with E-state index in [9.17, 15) is 9.59 Å². The molecule has 1 unspecified atom stereocenters. The minimum absolute atomic E-state index is 0.0878. The summed E-state index contributed by atoms with van der Waals surface area (Å²) < 4.78 is 5.39. The molecule has 0 spiro atoms. The molecule has 0 aromatic carbocycles. The van der Waals surface area contributed by atoms with Crippen LogP contribution in [0.25, 0.3) is 0 Å². The van der Waals surface area contributed by atoms with E-state index in [1.807, 2.05) is 0 Å². The lowest BCUT2D eigenvalue weighted by atomic mass is 10.2. The number of amides is 2. The second-order valence-corrected chi connectivity index (χ2v) is 4.57. The Kier molecular flexibility index (Phi) is 3.83. The molecule has 6 nitrogen and oxygen atoms in total. The number of aliphatic carboxylic acids is 1. The predicted molar refractivity (Wildman–Crippen MR) is 59.7 cm³/mol. The van der Waals surface area contributed by atoms with Crippen molar-refractivity contribution in [3.05, 3.63) is 0 Å². The Morgan fingerprint density at radius 3 is 2.65 bits per heavy atom. The summed E-state index contributed by atoms with van der Waals surface area (Å²) in [6.07, 6.45) is 3.89. The number of carbonyl (C=O) groups excluding carboxylic acids is 1. The molecule has 0 aromatic rings. The number of carboxylic acid groups (broad SMARTS) is 1. The summed E-state index contributed by atoms with van der Waals surface area (Å²) >= 11 is 0. The van der Waals surface area contributed by atoms with Gasteiger partial charge in [-0.25, -0.2) is 4.79 Å². The van der Waals surface area contributed by atoms with Gasteiger partial charge < -0.3 is 20.1 Å². The van der Waals surface area contributed by atoms with Crippen molar-refractivity contribution < 1.29 is 19.4 Å². The fourth-order valence-electron chi connectivity index (χ4n) is 2.01. The van der Waals surface area contributed by atoms with E-state index in [0.717, 1.165) is 32.3 Å². The Labute approximate surface area is 99.9 Å². The molecule has 0 bridgehead atoms. The van der Waals surface area contributed by atoms with E-state index in [4.69, 9.17) is 9.84 Å². The highest BCUT2D eigenvalue weighted by Gasteiger charge is 2.34. The van der Waals surface area contributed by atoms with Crippen LogP contribution in [0.2, 0.25) is 0 Å². The van der Waals surface area contributed by atoms with Crippen LogP contribution in [-0.4, -0.2) is 53.8 Å². The van der Waals surface area contributed by atoms with Gasteiger partial charge in [0.05, 0.1) is 6.10 Å². The highest BCUT2D eigenvalue weighted by molar-refractivity contribution is 5.80. The van der Waals surface area contributed by atoms with Crippen molar-refractivity contribution in [2.24, 2.45) is 0 Å². The van der Waals surface area contributed by atoms with Gasteiger partial charge in [-0.15, -0.1) is 0 Å². The van der Waals surface area contributed by atoms with Crippen LogP contribution in [0.3, 0.4) is 0 Å². The van der Waals surface area contributed by atoms with Crippen LogP contribution >= 0.6 is 0 Å². The standard InChI is InChI=1S/C11H18N2O4/c14-10(15)7-13(8-3-4-8)11(16)12-6-9-2-1-5-17-9/h8-9H,1-7H2,(H,12,16)(H,14,15). The first-order valence-electron chi connectivity index (χ1n) is 6.04. The smallest absolute Gasteiger partial charge is 0.323 e. The average Bonchev–Trinajstić information content (AvgIpc) is 2.99. The number of urea groups is 1. The number of ether oxygens (including phenoxy) is 1. The number of hydrogen-bond acceptors (Lipinski definition) is 3. The van der Waals surface area contributed by atoms with Crippen LogP contribution in [0.4, 0.5) is 4.79 Å². The molecule has 1 heterocycles. The molecular weight excluding hydrogens is 224 g/mol. The molecule has 6 heteroatoms. The third-order valence-electron chi connectivity index (χ3n) is 3.06. The van der Waals surface area contributed by atoms with Gasteiger partial charge in [0.25, 0.3) is 0 Å². The highest BCUT2D eigenvalue weighted by Crippen LogP contribution is 2.26. The Morgan fingerprint density at radius 1 is 1.35 bits per heavy atom. The number of carbonyl (C=O) groups is 2. The molecule has 0 aromatic heterocycles. The summed E-state index contributed by atoms with van der Waals surface area (Å²) in [6, 6.07) is -0.180. The number of nitrogens with zero attached hydrogens (tertiary/aromatic N) is 1. The van der Waals surface area contributed by atoms with E-state index in [0.29, 0.717) is 6.54 Å². The minimum atomic E-state index is -0.968. The van der Waals surface area contributed by atoms with Crippen molar-refractivity contribution in [3.63, 3.8) is 0 Å². The SMILES string of the molecule is O=C(O)CN(C(=O)NCC1CCCO1)C1CC1. The van der Waals surface area contributed by atoms with Crippen LogP contribution in [0.15, 0.2) is 0 Å². The lowest BCUT2D eigenvalue weighted by Gasteiger charge is -2.21. The van der Waals surface area contributed by atoms with E-state index in [-0.39, 0.29) is 24.7 Å². The monoisotopic (exact) mass is 242 g/mol. The molecule has 1 atom stereocenters. The summed E-state index contributed by atoms with van der Waals surface area (Å²) in [5.41, 5.74) is 0. The zero-order chi connectivity index (χ0) is 12.3. The molecule has 0 radical (unpaired) electrons. The topological polar surface area (TPSA) is 78.9 Å². The van der Waals surface area contributed by atoms with E-state index < -0.39 is 5.97 Å². The van der Waals surface area contributed by atoms with E-state index >= 15 is 0 Å². The lowest BCUT2D eigenvalue weighted by Crippen LogP contribution is -2.46. The summed E-state index contributed by atoms with van der Waals surface area (Å²) in [5.74, 6) is -0.968. The van der Waals surface area contributed by atoms with Gasteiger partial charge in [-0.3, -0.25) is 4.79 Å². The molecule has 1 saturated heterocycles. The third kappa shape index (κ3) is 3.59. The second kappa shape index (κ2) is 5.35. The second-order valence-electron chi connectivity index (χ2n) is 4.57. The van der Waals surface area contributed by atoms with Gasteiger partial charge in [0, 0.05) is 19.2 Å². The fourth-order valence-corrected chi connectivity index (χ4v) is 2.01. The fraction of sp³-hybridized carbons (Fsp3) is 0.818. The molecule has 96 valence electrons. The van der Waals surface area contributed by atoms with E-state index in [2.05, 4.69) is 5.32 Å². The van der Waals surface area contributed by atoms with Gasteiger partial charge in [0.1, 0.15) is 6.54 Å². The minimum Gasteiger partial charge on any atom is -0.480 e. The summed E-state index contributed by atoms with van der Waals surface area (Å²) in [4.78, 5) is 23.9. The molecule has 17 heavy (non-hydrogen) atoms. The quantitative estimate of drug-likeness (QED) is 0.732. The summed E-state index contributed by atoms with van der Waals surface area (Å²) in [7, 11) is 0. The van der Waals surface area contributed by atoms with Crippen molar-refractivity contribution in [3.8, 4) is 0 Å². The van der Waals surface area contributed by atoms with Crippen molar-refractivity contribution in [1.82, 2.24) is 10.2 Å². The normalized spacial score (nSPS) is 23.4. The van der Waals surface area contributed by atoms with Crippen molar-refractivity contribution >= 4 is 12.0 Å². The van der Waals surface area contributed by atoms with Crippen molar-refractivity contribution in [1.29, 1.82) is 0 Å².